The molecule has 1 saturated heterocycles. The van der Waals surface area contributed by atoms with Crippen LogP contribution in [-0.2, 0) is 4.74 Å². The highest BCUT2D eigenvalue weighted by molar-refractivity contribution is 5.95. The van der Waals surface area contributed by atoms with Gasteiger partial charge in [-0.2, -0.15) is 0 Å². The van der Waals surface area contributed by atoms with Crippen molar-refractivity contribution in [2.75, 3.05) is 25.5 Å². The number of amides is 1. The van der Waals surface area contributed by atoms with Crippen molar-refractivity contribution in [3.05, 3.63) is 42.2 Å². The predicted molar refractivity (Wildman–Crippen MR) is 87.8 cm³/mol. The summed E-state index contributed by atoms with van der Waals surface area (Å²) in [4.78, 5) is 20.3. The molecule has 6 heteroatoms. The zero-order valence-corrected chi connectivity index (χ0v) is 12.9. The molecule has 2 heterocycles. The summed E-state index contributed by atoms with van der Waals surface area (Å²) < 4.78 is 5.34. The van der Waals surface area contributed by atoms with Crippen LogP contribution in [0.2, 0.25) is 0 Å². The maximum Gasteiger partial charge on any atom is 0.251 e. The number of benzene rings is 1. The topological polar surface area (TPSA) is 90.1 Å². The van der Waals surface area contributed by atoms with E-state index in [4.69, 9.17) is 10.5 Å². The molecule has 1 amide bonds. The van der Waals surface area contributed by atoms with E-state index in [1.807, 2.05) is 18.2 Å². The largest absolute Gasteiger partial charge is 0.384 e. The third-order valence-electron chi connectivity index (χ3n) is 3.97. The number of nitrogen functional groups attached to an aromatic ring is 1. The second-order valence-corrected chi connectivity index (χ2v) is 5.68. The fourth-order valence-corrected chi connectivity index (χ4v) is 2.65. The van der Waals surface area contributed by atoms with Gasteiger partial charge < -0.3 is 15.8 Å². The van der Waals surface area contributed by atoms with Gasteiger partial charge >= 0.3 is 0 Å². The third-order valence-corrected chi connectivity index (χ3v) is 3.97. The van der Waals surface area contributed by atoms with Gasteiger partial charge in [0.25, 0.3) is 5.91 Å². The van der Waals surface area contributed by atoms with Crippen molar-refractivity contribution in [3.63, 3.8) is 0 Å². The number of anilines is 1. The molecule has 3 N–H and O–H groups in total. The lowest BCUT2D eigenvalue weighted by atomic mass is 10.0. The Kier molecular flexibility index (Phi) is 4.83. The van der Waals surface area contributed by atoms with E-state index in [2.05, 4.69) is 15.3 Å². The number of hydrogen-bond acceptors (Lipinski definition) is 5. The number of nitrogens with two attached hydrogens (primary N) is 1. The molecule has 0 radical (unpaired) electrons. The molecule has 1 aromatic heterocycles. The van der Waals surface area contributed by atoms with Crippen molar-refractivity contribution in [1.29, 1.82) is 0 Å². The van der Waals surface area contributed by atoms with Crippen LogP contribution >= 0.6 is 0 Å². The van der Waals surface area contributed by atoms with Gasteiger partial charge in [0.15, 0.2) is 0 Å². The van der Waals surface area contributed by atoms with Gasteiger partial charge in [-0.3, -0.25) is 4.79 Å². The van der Waals surface area contributed by atoms with E-state index >= 15 is 0 Å². The van der Waals surface area contributed by atoms with Crippen LogP contribution < -0.4 is 11.1 Å². The van der Waals surface area contributed by atoms with Crippen LogP contribution in [0.5, 0.6) is 0 Å². The van der Waals surface area contributed by atoms with Crippen molar-refractivity contribution in [2.24, 2.45) is 5.92 Å². The first-order chi connectivity index (χ1) is 11.2. The summed E-state index contributed by atoms with van der Waals surface area (Å²) in [6.07, 6.45) is 3.45. The molecule has 0 saturated carbocycles. The maximum atomic E-state index is 12.3. The van der Waals surface area contributed by atoms with Crippen molar-refractivity contribution >= 4 is 11.7 Å². The lowest BCUT2D eigenvalue weighted by Crippen LogP contribution is -2.26. The number of carbonyl (C=O) groups is 1. The van der Waals surface area contributed by atoms with E-state index in [1.165, 1.54) is 6.33 Å². The summed E-state index contributed by atoms with van der Waals surface area (Å²) in [7, 11) is 0. The maximum absolute atomic E-state index is 12.3. The Labute approximate surface area is 135 Å². The normalized spacial score (nSPS) is 17.1. The fraction of sp³-hybridized carbons (Fsp3) is 0.353. The summed E-state index contributed by atoms with van der Waals surface area (Å²) in [6, 6.07) is 9.04. The summed E-state index contributed by atoms with van der Waals surface area (Å²) in [5, 5.41) is 2.96. The second kappa shape index (κ2) is 7.19. The van der Waals surface area contributed by atoms with Crippen LogP contribution in [-0.4, -0.2) is 35.6 Å². The molecule has 1 unspecified atom stereocenters. The molecule has 1 aromatic carbocycles. The van der Waals surface area contributed by atoms with Gasteiger partial charge in [0.05, 0.1) is 5.69 Å². The van der Waals surface area contributed by atoms with Crippen LogP contribution in [0.15, 0.2) is 36.7 Å². The van der Waals surface area contributed by atoms with Crippen LogP contribution in [0.1, 0.15) is 23.2 Å². The molecule has 0 bridgehead atoms. The van der Waals surface area contributed by atoms with E-state index in [-0.39, 0.29) is 5.91 Å². The van der Waals surface area contributed by atoms with Gasteiger partial charge in [-0.15, -0.1) is 0 Å². The lowest BCUT2D eigenvalue weighted by Gasteiger charge is -2.09. The quantitative estimate of drug-likeness (QED) is 0.880. The number of carbonyl (C=O) groups excluding carboxylic acids is 1. The minimum Gasteiger partial charge on any atom is -0.384 e. The minimum atomic E-state index is -0.0761. The molecule has 1 fully saturated rings. The van der Waals surface area contributed by atoms with Gasteiger partial charge in [-0.05, 0) is 30.9 Å². The van der Waals surface area contributed by atoms with Crippen LogP contribution in [0.3, 0.4) is 0 Å². The predicted octanol–water partition coefficient (Wildman–Crippen LogP) is 1.88. The van der Waals surface area contributed by atoms with Crippen molar-refractivity contribution < 1.29 is 9.53 Å². The fourth-order valence-electron chi connectivity index (χ4n) is 2.65. The number of rotatable bonds is 5. The number of ether oxygens (including phenoxy) is 1. The van der Waals surface area contributed by atoms with E-state index in [1.54, 1.807) is 12.1 Å². The standard InChI is InChI=1S/C17H20N4O2/c18-16-9-15(20-11-21-16)13-2-1-3-14(8-13)17(22)19-6-4-12-5-7-23-10-12/h1-3,8-9,11-12H,4-7,10H2,(H,19,22)(H2,18,20,21). The Morgan fingerprint density at radius 3 is 3.04 bits per heavy atom. The monoisotopic (exact) mass is 312 g/mol. The summed E-state index contributed by atoms with van der Waals surface area (Å²) in [5.74, 6) is 0.891. The summed E-state index contributed by atoms with van der Waals surface area (Å²) >= 11 is 0. The molecular weight excluding hydrogens is 292 g/mol. The van der Waals surface area contributed by atoms with E-state index in [0.29, 0.717) is 29.5 Å². The lowest BCUT2D eigenvalue weighted by molar-refractivity contribution is 0.0950. The number of nitrogens with one attached hydrogen (secondary N) is 1. The van der Waals surface area contributed by atoms with Crippen molar-refractivity contribution in [3.8, 4) is 11.3 Å². The van der Waals surface area contributed by atoms with Crippen LogP contribution in [0.25, 0.3) is 11.3 Å². The highest BCUT2D eigenvalue weighted by Crippen LogP contribution is 2.19. The molecule has 2 aromatic rings. The SMILES string of the molecule is Nc1cc(-c2cccc(C(=O)NCCC3CCOC3)c2)ncn1. The van der Waals surface area contributed by atoms with Gasteiger partial charge in [0.1, 0.15) is 12.1 Å². The Balaban J connectivity index is 1.63. The average Bonchev–Trinajstić information content (AvgIpc) is 3.08. The number of nitrogens with zero attached hydrogens (tertiary/aromatic N) is 2. The van der Waals surface area contributed by atoms with Gasteiger partial charge in [0.2, 0.25) is 0 Å². The zero-order chi connectivity index (χ0) is 16.1. The second-order valence-electron chi connectivity index (χ2n) is 5.68. The Hall–Kier alpha value is -2.47. The highest BCUT2D eigenvalue weighted by Gasteiger charge is 2.15. The number of hydrogen-bond donors (Lipinski definition) is 2. The molecule has 0 spiro atoms. The Bertz CT molecular complexity index is 684. The van der Waals surface area contributed by atoms with Crippen LogP contribution in [0.4, 0.5) is 5.82 Å². The van der Waals surface area contributed by atoms with Gasteiger partial charge in [-0.1, -0.05) is 12.1 Å². The zero-order valence-electron chi connectivity index (χ0n) is 12.9. The molecule has 1 aliphatic heterocycles. The van der Waals surface area contributed by atoms with Crippen LogP contribution in [0, 0.1) is 5.92 Å². The van der Waals surface area contributed by atoms with E-state index < -0.39 is 0 Å². The molecule has 3 rings (SSSR count). The summed E-state index contributed by atoms with van der Waals surface area (Å²) in [5.41, 5.74) is 7.84. The highest BCUT2D eigenvalue weighted by atomic mass is 16.5. The smallest absolute Gasteiger partial charge is 0.251 e. The first-order valence-corrected chi connectivity index (χ1v) is 7.76. The Morgan fingerprint density at radius 2 is 2.26 bits per heavy atom. The first kappa shape index (κ1) is 15.4. The molecular formula is C17H20N4O2. The number of aromatic nitrogens is 2. The summed E-state index contributed by atoms with van der Waals surface area (Å²) in [6.45, 7) is 2.31. The third kappa shape index (κ3) is 4.04. The molecule has 0 aliphatic carbocycles. The molecule has 6 nitrogen and oxygen atoms in total. The van der Waals surface area contributed by atoms with E-state index in [0.717, 1.165) is 31.6 Å². The van der Waals surface area contributed by atoms with Crippen molar-refractivity contribution in [2.45, 2.75) is 12.8 Å². The molecule has 120 valence electrons. The van der Waals surface area contributed by atoms with Crippen molar-refractivity contribution in [1.82, 2.24) is 15.3 Å². The van der Waals surface area contributed by atoms with Gasteiger partial charge in [-0.25, -0.2) is 9.97 Å². The first-order valence-electron chi connectivity index (χ1n) is 7.76. The van der Waals surface area contributed by atoms with E-state index in [9.17, 15) is 4.79 Å². The Morgan fingerprint density at radius 1 is 1.35 bits per heavy atom. The molecule has 1 aliphatic rings. The van der Waals surface area contributed by atoms with Gasteiger partial charge in [0, 0.05) is 37.0 Å². The average molecular weight is 312 g/mol. The molecule has 23 heavy (non-hydrogen) atoms. The minimum absolute atomic E-state index is 0.0761. The molecule has 1 atom stereocenters.